The van der Waals surface area contributed by atoms with Gasteiger partial charge in [-0.05, 0) is 54.6 Å². The first-order valence-corrected chi connectivity index (χ1v) is 10.8. The summed E-state index contributed by atoms with van der Waals surface area (Å²) in [5, 5.41) is 1.61. The summed E-state index contributed by atoms with van der Waals surface area (Å²) < 4.78 is 19.8. The van der Waals surface area contributed by atoms with E-state index in [-0.39, 0.29) is 0 Å². The molecule has 2 aliphatic heterocycles. The second kappa shape index (κ2) is 8.03. The number of hydrogen-bond acceptors (Lipinski definition) is 5. The van der Waals surface area contributed by atoms with Crippen LogP contribution in [0.5, 0.6) is 5.75 Å². The molecule has 0 aliphatic carbocycles. The van der Waals surface area contributed by atoms with E-state index in [2.05, 4.69) is 15.9 Å². The number of carbonyl (C=O) groups excluding carboxylic acids is 2. The Labute approximate surface area is 192 Å². The van der Waals surface area contributed by atoms with Gasteiger partial charge < -0.3 is 4.74 Å². The third-order valence-corrected chi connectivity index (χ3v) is 6.21. The Morgan fingerprint density at radius 1 is 0.938 bits per heavy atom. The number of carbonyl (C=O) groups is 2. The van der Waals surface area contributed by atoms with Crippen LogP contribution in [0.15, 0.2) is 77.3 Å². The highest BCUT2D eigenvalue weighted by atomic mass is 79.9. The third-order valence-electron chi connectivity index (χ3n) is 5.72. The molecule has 8 heteroatoms. The first-order valence-electron chi connectivity index (χ1n) is 9.97. The Kier molecular flexibility index (Phi) is 5.19. The van der Waals surface area contributed by atoms with Gasteiger partial charge in [0.2, 0.25) is 5.91 Å². The normalized spacial score (nSPS) is 22.4. The maximum atomic E-state index is 13.6. The van der Waals surface area contributed by atoms with Crippen molar-refractivity contribution in [3.05, 3.63) is 88.6 Å². The van der Waals surface area contributed by atoms with Crippen molar-refractivity contribution in [1.29, 1.82) is 0 Å². The molecule has 0 aromatic heterocycles. The Balaban J connectivity index is 1.63. The lowest BCUT2D eigenvalue weighted by Crippen LogP contribution is -2.37. The third kappa shape index (κ3) is 3.27. The summed E-state index contributed by atoms with van der Waals surface area (Å²) in [7, 11) is 1.55. The average Bonchev–Trinajstić information content (AvgIpc) is 3.31. The molecule has 0 unspecified atom stereocenters. The van der Waals surface area contributed by atoms with E-state index in [1.165, 1.54) is 24.3 Å². The van der Waals surface area contributed by atoms with E-state index in [9.17, 15) is 14.0 Å². The van der Waals surface area contributed by atoms with Gasteiger partial charge in [0, 0.05) is 10.0 Å². The molecule has 3 aromatic rings. The van der Waals surface area contributed by atoms with Crippen LogP contribution in [0.1, 0.15) is 11.6 Å². The predicted octanol–water partition coefficient (Wildman–Crippen LogP) is 4.65. The zero-order valence-electron chi connectivity index (χ0n) is 16.9. The molecule has 2 amide bonds. The van der Waals surface area contributed by atoms with Gasteiger partial charge >= 0.3 is 0 Å². The highest BCUT2D eigenvalue weighted by Crippen LogP contribution is 2.49. The van der Waals surface area contributed by atoms with Crippen molar-refractivity contribution in [2.75, 3.05) is 17.1 Å². The van der Waals surface area contributed by atoms with Gasteiger partial charge in [0.1, 0.15) is 17.5 Å². The molecule has 2 saturated heterocycles. The molecule has 3 atom stereocenters. The van der Waals surface area contributed by atoms with Crippen LogP contribution in [-0.4, -0.2) is 25.0 Å². The molecule has 32 heavy (non-hydrogen) atoms. The van der Waals surface area contributed by atoms with Crippen molar-refractivity contribution >= 4 is 39.1 Å². The van der Waals surface area contributed by atoms with Crippen LogP contribution >= 0.6 is 15.9 Å². The quantitative estimate of drug-likeness (QED) is 0.492. The number of fused-ring (bicyclic) bond motifs is 1. The molecule has 0 spiro atoms. The topological polar surface area (TPSA) is 59.1 Å². The molecule has 0 N–H and O–H groups in total. The van der Waals surface area contributed by atoms with Crippen molar-refractivity contribution in [3.63, 3.8) is 0 Å². The number of hydrogen-bond donors (Lipinski definition) is 0. The summed E-state index contributed by atoms with van der Waals surface area (Å²) in [5.74, 6) is -1.57. The maximum Gasteiger partial charge on any atom is 0.266 e. The number of benzene rings is 3. The van der Waals surface area contributed by atoms with Crippen molar-refractivity contribution in [2.45, 2.75) is 12.1 Å². The zero-order chi connectivity index (χ0) is 22.4. The van der Waals surface area contributed by atoms with Crippen molar-refractivity contribution in [2.24, 2.45) is 5.92 Å². The first-order chi connectivity index (χ1) is 15.5. The van der Waals surface area contributed by atoms with Crippen LogP contribution in [0.3, 0.4) is 0 Å². The number of rotatable bonds is 4. The van der Waals surface area contributed by atoms with Gasteiger partial charge in [-0.1, -0.05) is 34.1 Å². The second-order valence-corrected chi connectivity index (χ2v) is 8.45. The van der Waals surface area contributed by atoms with Crippen molar-refractivity contribution < 1.29 is 23.6 Å². The zero-order valence-corrected chi connectivity index (χ0v) is 18.5. The fourth-order valence-electron chi connectivity index (χ4n) is 4.31. The van der Waals surface area contributed by atoms with Gasteiger partial charge in [-0.25, -0.2) is 14.4 Å². The summed E-state index contributed by atoms with van der Waals surface area (Å²) in [4.78, 5) is 34.0. The van der Waals surface area contributed by atoms with Gasteiger partial charge in [0.15, 0.2) is 6.10 Å². The Morgan fingerprint density at radius 3 is 2.34 bits per heavy atom. The second-order valence-electron chi connectivity index (χ2n) is 7.53. The molecular formula is C24H18BrFN2O4. The lowest BCUT2D eigenvalue weighted by molar-refractivity contribution is -0.126. The van der Waals surface area contributed by atoms with E-state index in [0.717, 1.165) is 9.37 Å². The van der Waals surface area contributed by atoms with Gasteiger partial charge in [0.25, 0.3) is 5.91 Å². The lowest BCUT2D eigenvalue weighted by Gasteiger charge is -2.29. The van der Waals surface area contributed by atoms with E-state index in [1.807, 2.05) is 42.5 Å². The van der Waals surface area contributed by atoms with Crippen molar-refractivity contribution in [1.82, 2.24) is 0 Å². The largest absolute Gasteiger partial charge is 0.496 e. The molecule has 6 nitrogen and oxygen atoms in total. The Morgan fingerprint density at radius 2 is 1.66 bits per heavy atom. The molecule has 3 aromatic carbocycles. The van der Waals surface area contributed by atoms with Crippen LogP contribution < -0.4 is 14.7 Å². The number of methoxy groups -OCH3 is 1. The number of para-hydroxylation sites is 1. The standard InChI is InChI=1S/C24H18BrFN2O4/c1-31-19-12-7-14(25)13-18(19)21-20-22(32-28(21)17-5-3-2-4-6-17)24(30)27(23(20)29)16-10-8-15(26)9-11-16/h2-13,20-22H,1H3/t20-,21+,22+/m0/s1. The monoisotopic (exact) mass is 496 g/mol. The van der Waals surface area contributed by atoms with Crippen LogP contribution in [0.2, 0.25) is 0 Å². The number of anilines is 2. The Bertz CT molecular complexity index is 1190. The van der Waals surface area contributed by atoms with Gasteiger partial charge in [-0.2, -0.15) is 0 Å². The van der Waals surface area contributed by atoms with Crippen LogP contribution in [-0.2, 0) is 14.4 Å². The van der Waals surface area contributed by atoms with E-state index >= 15 is 0 Å². The molecule has 2 fully saturated rings. The fourth-order valence-corrected chi connectivity index (χ4v) is 4.69. The number of amides is 2. The Hall–Kier alpha value is -3.23. The van der Waals surface area contributed by atoms with Gasteiger partial charge in [0.05, 0.1) is 24.5 Å². The molecule has 0 radical (unpaired) electrons. The SMILES string of the molecule is COc1ccc(Br)cc1[C@@H]1[C@@H]2C(=O)N(c3ccc(F)cc3)C(=O)[C@@H]2ON1c1ccccc1. The van der Waals surface area contributed by atoms with Crippen LogP contribution in [0.4, 0.5) is 15.8 Å². The molecule has 2 aliphatic rings. The smallest absolute Gasteiger partial charge is 0.266 e. The molecule has 0 bridgehead atoms. The number of nitrogens with zero attached hydrogens (tertiary/aromatic N) is 2. The summed E-state index contributed by atoms with van der Waals surface area (Å²) in [6.45, 7) is 0. The van der Waals surface area contributed by atoms with E-state index in [1.54, 1.807) is 18.2 Å². The highest BCUT2D eigenvalue weighted by molar-refractivity contribution is 9.10. The molecular weight excluding hydrogens is 479 g/mol. The minimum atomic E-state index is -1.01. The molecule has 0 saturated carbocycles. The number of ether oxygens (including phenoxy) is 1. The summed E-state index contributed by atoms with van der Waals surface area (Å²) in [6, 6.07) is 19.5. The van der Waals surface area contributed by atoms with Crippen LogP contribution in [0.25, 0.3) is 0 Å². The molecule has 2 heterocycles. The van der Waals surface area contributed by atoms with Gasteiger partial charge in [-0.15, -0.1) is 0 Å². The number of imide groups is 1. The predicted molar refractivity (Wildman–Crippen MR) is 120 cm³/mol. The number of hydroxylamine groups is 1. The fraction of sp³-hybridized carbons (Fsp3) is 0.167. The van der Waals surface area contributed by atoms with E-state index in [4.69, 9.17) is 9.57 Å². The van der Waals surface area contributed by atoms with E-state index < -0.39 is 35.7 Å². The molecule has 5 rings (SSSR count). The average molecular weight is 497 g/mol. The first kappa shape index (κ1) is 20.7. The summed E-state index contributed by atoms with van der Waals surface area (Å²) >= 11 is 3.49. The highest BCUT2D eigenvalue weighted by Gasteiger charge is 2.60. The summed E-state index contributed by atoms with van der Waals surface area (Å²) in [6.07, 6.45) is -1.01. The summed E-state index contributed by atoms with van der Waals surface area (Å²) in [5.41, 5.74) is 1.73. The minimum Gasteiger partial charge on any atom is -0.496 e. The van der Waals surface area contributed by atoms with Crippen molar-refractivity contribution in [3.8, 4) is 5.75 Å². The minimum absolute atomic E-state index is 0.311. The van der Waals surface area contributed by atoms with E-state index in [0.29, 0.717) is 22.7 Å². The maximum absolute atomic E-state index is 13.6. The number of halogens is 2. The molecule has 162 valence electrons. The van der Waals surface area contributed by atoms with Crippen LogP contribution in [0, 0.1) is 11.7 Å². The van der Waals surface area contributed by atoms with Gasteiger partial charge in [-0.3, -0.25) is 14.4 Å². The lowest BCUT2D eigenvalue weighted by atomic mass is 9.90.